The summed E-state index contributed by atoms with van der Waals surface area (Å²) in [6, 6.07) is 8.70. The molecule has 0 aliphatic carbocycles. The van der Waals surface area contributed by atoms with Crippen molar-refractivity contribution in [2.75, 3.05) is 5.32 Å². The fourth-order valence-electron chi connectivity index (χ4n) is 1.15. The highest BCUT2D eigenvalue weighted by molar-refractivity contribution is 9.11. The Bertz CT molecular complexity index is 586. The first-order valence-corrected chi connectivity index (χ1v) is 6.23. The van der Waals surface area contributed by atoms with Gasteiger partial charge in [0.2, 0.25) is 0 Å². The van der Waals surface area contributed by atoms with E-state index in [9.17, 15) is 4.79 Å². The van der Waals surface area contributed by atoms with Gasteiger partial charge in [-0.05, 0) is 40.2 Å². The Balaban J connectivity index is 2.11. The number of hydrogen-bond donors (Lipinski definition) is 1. The number of carbonyl (C=O) groups excluding carboxylic acids is 1. The highest BCUT2D eigenvalue weighted by atomic mass is 79.9. The van der Waals surface area contributed by atoms with Gasteiger partial charge in [0.05, 0.1) is 14.2 Å². The summed E-state index contributed by atoms with van der Waals surface area (Å²) < 4.78 is 0.899. The normalized spacial score (nSPS) is 9.65. The SMILES string of the molecule is N#Cc1ccc(NC(=O)c2ccc(Br)s2)nc1. The van der Waals surface area contributed by atoms with Crippen molar-refractivity contribution in [2.45, 2.75) is 0 Å². The Morgan fingerprint density at radius 1 is 1.41 bits per heavy atom. The van der Waals surface area contributed by atoms with Crippen LogP contribution in [0.5, 0.6) is 0 Å². The van der Waals surface area contributed by atoms with Crippen LogP contribution in [0.4, 0.5) is 5.82 Å². The number of carbonyl (C=O) groups is 1. The van der Waals surface area contributed by atoms with E-state index in [1.165, 1.54) is 17.5 Å². The summed E-state index contributed by atoms with van der Waals surface area (Å²) >= 11 is 4.64. The van der Waals surface area contributed by atoms with Gasteiger partial charge in [0.25, 0.3) is 5.91 Å². The van der Waals surface area contributed by atoms with Gasteiger partial charge in [-0.2, -0.15) is 5.26 Å². The van der Waals surface area contributed by atoms with E-state index >= 15 is 0 Å². The highest BCUT2D eigenvalue weighted by Gasteiger charge is 2.09. The summed E-state index contributed by atoms with van der Waals surface area (Å²) in [7, 11) is 0. The third-order valence-corrected chi connectivity index (χ3v) is 3.55. The molecule has 0 saturated heterocycles. The zero-order chi connectivity index (χ0) is 12.3. The summed E-state index contributed by atoms with van der Waals surface area (Å²) in [5.41, 5.74) is 0.460. The van der Waals surface area contributed by atoms with Crippen molar-refractivity contribution in [1.82, 2.24) is 4.98 Å². The maximum absolute atomic E-state index is 11.8. The number of pyridine rings is 1. The summed E-state index contributed by atoms with van der Waals surface area (Å²) in [5.74, 6) is 0.219. The quantitative estimate of drug-likeness (QED) is 0.927. The Morgan fingerprint density at radius 2 is 2.24 bits per heavy atom. The molecule has 0 aromatic carbocycles. The third kappa shape index (κ3) is 2.90. The molecule has 17 heavy (non-hydrogen) atoms. The summed E-state index contributed by atoms with van der Waals surface area (Å²) in [4.78, 5) is 16.3. The zero-order valence-corrected chi connectivity index (χ0v) is 10.9. The van der Waals surface area contributed by atoms with Gasteiger partial charge in [-0.15, -0.1) is 11.3 Å². The number of rotatable bonds is 2. The van der Waals surface area contributed by atoms with Crippen molar-refractivity contribution in [1.29, 1.82) is 5.26 Å². The highest BCUT2D eigenvalue weighted by Crippen LogP contribution is 2.22. The number of aromatic nitrogens is 1. The average Bonchev–Trinajstić information content (AvgIpc) is 2.77. The molecule has 0 atom stereocenters. The smallest absolute Gasteiger partial charge is 0.266 e. The van der Waals surface area contributed by atoms with Crippen LogP contribution in [0.2, 0.25) is 0 Å². The molecule has 0 radical (unpaired) electrons. The van der Waals surface area contributed by atoms with Crippen LogP contribution < -0.4 is 5.32 Å². The van der Waals surface area contributed by atoms with E-state index in [2.05, 4.69) is 26.2 Å². The topological polar surface area (TPSA) is 65.8 Å². The van der Waals surface area contributed by atoms with Gasteiger partial charge in [-0.3, -0.25) is 4.79 Å². The van der Waals surface area contributed by atoms with Gasteiger partial charge >= 0.3 is 0 Å². The van der Waals surface area contributed by atoms with Gasteiger partial charge in [0.1, 0.15) is 11.9 Å². The van der Waals surface area contributed by atoms with Crippen LogP contribution >= 0.6 is 27.3 Å². The first-order valence-electron chi connectivity index (χ1n) is 4.62. The number of halogens is 1. The van der Waals surface area contributed by atoms with E-state index in [4.69, 9.17) is 5.26 Å². The van der Waals surface area contributed by atoms with Gasteiger partial charge in [-0.1, -0.05) is 0 Å². The molecule has 4 nitrogen and oxygen atoms in total. The number of thiophene rings is 1. The number of amides is 1. The lowest BCUT2D eigenvalue weighted by molar-refractivity contribution is 0.103. The van der Waals surface area contributed by atoms with E-state index in [0.29, 0.717) is 16.3 Å². The zero-order valence-electron chi connectivity index (χ0n) is 8.48. The Hall–Kier alpha value is -1.71. The summed E-state index contributed by atoms with van der Waals surface area (Å²) in [5, 5.41) is 11.3. The number of nitriles is 1. The van der Waals surface area contributed by atoms with Crippen LogP contribution in [-0.4, -0.2) is 10.9 Å². The maximum atomic E-state index is 11.8. The number of nitrogens with one attached hydrogen (secondary N) is 1. The van der Waals surface area contributed by atoms with Crippen molar-refractivity contribution < 1.29 is 4.79 Å². The van der Waals surface area contributed by atoms with E-state index in [0.717, 1.165) is 3.79 Å². The Kier molecular flexibility index (Phi) is 3.52. The van der Waals surface area contributed by atoms with Crippen molar-refractivity contribution in [3.63, 3.8) is 0 Å². The fourth-order valence-corrected chi connectivity index (χ4v) is 2.43. The molecule has 6 heteroatoms. The molecule has 2 rings (SSSR count). The maximum Gasteiger partial charge on any atom is 0.266 e. The van der Waals surface area contributed by atoms with Crippen molar-refractivity contribution >= 4 is 39.0 Å². The second-order valence-electron chi connectivity index (χ2n) is 3.10. The number of hydrogen-bond acceptors (Lipinski definition) is 4. The van der Waals surface area contributed by atoms with Crippen molar-refractivity contribution in [2.24, 2.45) is 0 Å². The molecule has 2 aromatic heterocycles. The second-order valence-corrected chi connectivity index (χ2v) is 5.56. The molecule has 0 spiro atoms. The van der Waals surface area contributed by atoms with E-state index < -0.39 is 0 Å². The second kappa shape index (κ2) is 5.08. The molecule has 1 amide bonds. The molecule has 2 heterocycles. The van der Waals surface area contributed by atoms with Gasteiger partial charge in [0, 0.05) is 6.20 Å². The molecular weight excluding hydrogens is 302 g/mol. The molecule has 1 N–H and O–H groups in total. The first kappa shape index (κ1) is 11.8. The third-order valence-electron chi connectivity index (χ3n) is 1.93. The summed E-state index contributed by atoms with van der Waals surface area (Å²) in [6.45, 7) is 0. The van der Waals surface area contributed by atoms with Crippen LogP contribution in [-0.2, 0) is 0 Å². The predicted octanol–water partition coefficient (Wildman–Crippen LogP) is 3.03. The van der Waals surface area contributed by atoms with E-state index in [-0.39, 0.29) is 5.91 Å². The molecule has 0 unspecified atom stereocenters. The minimum absolute atomic E-state index is 0.210. The van der Waals surface area contributed by atoms with Gasteiger partial charge in [-0.25, -0.2) is 4.98 Å². The van der Waals surface area contributed by atoms with Crippen LogP contribution in [0.15, 0.2) is 34.2 Å². The Labute approximate surface area is 110 Å². The number of anilines is 1. The van der Waals surface area contributed by atoms with Crippen LogP contribution in [0.3, 0.4) is 0 Å². The minimum atomic E-state index is -0.210. The lowest BCUT2D eigenvalue weighted by Gasteiger charge is -2.01. The molecular formula is C11H6BrN3OS. The van der Waals surface area contributed by atoms with E-state index in [1.807, 2.05) is 12.1 Å². The predicted molar refractivity (Wildman–Crippen MR) is 68.9 cm³/mol. The van der Waals surface area contributed by atoms with Crippen LogP contribution in [0.1, 0.15) is 15.2 Å². The van der Waals surface area contributed by atoms with Crippen molar-refractivity contribution in [3.8, 4) is 6.07 Å². The molecule has 84 valence electrons. The molecule has 0 aliphatic rings. The lowest BCUT2D eigenvalue weighted by Crippen LogP contribution is -2.11. The van der Waals surface area contributed by atoms with Crippen LogP contribution in [0.25, 0.3) is 0 Å². The number of nitrogens with zero attached hydrogens (tertiary/aromatic N) is 2. The largest absolute Gasteiger partial charge is 0.306 e. The molecule has 0 fully saturated rings. The average molecular weight is 308 g/mol. The fraction of sp³-hybridized carbons (Fsp3) is 0. The van der Waals surface area contributed by atoms with E-state index in [1.54, 1.807) is 18.2 Å². The van der Waals surface area contributed by atoms with Gasteiger partial charge in [0.15, 0.2) is 0 Å². The lowest BCUT2D eigenvalue weighted by atomic mass is 10.3. The minimum Gasteiger partial charge on any atom is -0.306 e. The molecule has 0 bridgehead atoms. The first-order chi connectivity index (χ1) is 8.19. The standard InChI is InChI=1S/C11H6BrN3OS/c12-9-3-2-8(17-9)11(16)15-10-4-1-7(5-13)6-14-10/h1-4,6H,(H,14,15,16). The molecule has 0 aliphatic heterocycles. The monoisotopic (exact) mass is 307 g/mol. The van der Waals surface area contributed by atoms with Crippen molar-refractivity contribution in [3.05, 3.63) is 44.7 Å². The summed E-state index contributed by atoms with van der Waals surface area (Å²) in [6.07, 6.45) is 1.42. The van der Waals surface area contributed by atoms with Gasteiger partial charge < -0.3 is 5.32 Å². The Morgan fingerprint density at radius 3 is 2.76 bits per heavy atom. The molecule has 2 aromatic rings. The van der Waals surface area contributed by atoms with Crippen LogP contribution in [0, 0.1) is 11.3 Å². The molecule has 0 saturated carbocycles.